The van der Waals surface area contributed by atoms with Crippen molar-refractivity contribution in [3.05, 3.63) is 0 Å². The molecular weight excluding hydrogens is 128 g/mol. The van der Waals surface area contributed by atoms with Crippen LogP contribution in [0, 0.1) is 0 Å². The fourth-order valence-corrected chi connectivity index (χ4v) is 0. The quantitative estimate of drug-likeness (QED) is 0.368. The average molecular weight is 129 g/mol. The van der Waals surface area contributed by atoms with Crippen molar-refractivity contribution >= 4 is 26.9 Å². The Morgan fingerprint density at radius 3 is 1.67 bits per heavy atom. The van der Waals surface area contributed by atoms with E-state index in [0.29, 0.717) is 0 Å². The zero-order valence-electron chi connectivity index (χ0n) is 2.55. The van der Waals surface area contributed by atoms with Crippen molar-refractivity contribution in [1.82, 2.24) is 0 Å². The third kappa shape index (κ3) is 2.17. The highest BCUT2D eigenvalue weighted by molar-refractivity contribution is 7.93. The van der Waals surface area contributed by atoms with E-state index in [1.54, 1.807) is 0 Å². The molecule has 0 fully saturated rings. The van der Waals surface area contributed by atoms with Gasteiger partial charge in [0.1, 0.15) is 0 Å². The van der Waals surface area contributed by atoms with Crippen LogP contribution in [0.1, 0.15) is 0 Å². The number of carbonyl (C=O) groups is 1. The molecule has 6 heavy (non-hydrogen) atoms. The molecule has 0 heterocycles. The van der Waals surface area contributed by atoms with Gasteiger partial charge in [0.05, 0.1) is 0 Å². The monoisotopic (exact) mass is 128 g/mol. The Balaban J connectivity index is 3.94. The minimum absolute atomic E-state index is 1.31. The highest BCUT2D eigenvalue weighted by Crippen LogP contribution is 1.78. The topological polar surface area (TPSA) is 51.2 Å². The van der Waals surface area contributed by atoms with E-state index in [1.807, 2.05) is 0 Å². The lowest BCUT2D eigenvalue weighted by atomic mass is 11.8. The van der Waals surface area contributed by atoms with Crippen molar-refractivity contribution in [2.75, 3.05) is 0 Å². The minimum Gasteiger partial charge on any atom is -0.263 e. The first-order valence-electron chi connectivity index (χ1n) is 0.982. The number of halogens is 1. The summed E-state index contributed by atoms with van der Waals surface area (Å²) < 4.78 is 17.2. The van der Waals surface area contributed by atoms with E-state index < -0.39 is 15.3 Å². The first-order valence-corrected chi connectivity index (χ1v) is 2.54. The molecule has 0 aromatic heterocycles. The van der Waals surface area contributed by atoms with Gasteiger partial charge in [-0.25, -0.2) is 8.42 Å². The summed E-state index contributed by atoms with van der Waals surface area (Å²) in [7, 11) is -3.03. The van der Waals surface area contributed by atoms with E-state index in [4.69, 9.17) is 0 Å². The van der Waals surface area contributed by atoms with Crippen LogP contribution in [0.25, 0.3) is 0 Å². The van der Waals surface area contributed by atoms with Crippen LogP contribution in [0.2, 0.25) is 0 Å². The molecule has 36 valence electrons. The molecule has 0 saturated carbocycles. The maximum atomic E-state index is 9.31. The fourth-order valence-electron chi connectivity index (χ4n) is 0. The lowest BCUT2D eigenvalue weighted by Crippen LogP contribution is -1.80. The summed E-state index contributed by atoms with van der Waals surface area (Å²) in [6.07, 6.45) is 0. The summed E-state index contributed by atoms with van der Waals surface area (Å²) in [4.78, 5) is 9.31. The molecule has 0 saturated heterocycles. The number of carbonyl (C=O) groups excluding carboxylic acids is 1. The number of hydrogen-bond donors (Lipinski definition) is 1. The van der Waals surface area contributed by atoms with Gasteiger partial charge in [0.25, 0.3) is 0 Å². The molecule has 5 heteroatoms. The van der Waals surface area contributed by atoms with E-state index in [0.717, 1.165) is 0 Å². The second-order valence-corrected chi connectivity index (χ2v) is 2.04. The van der Waals surface area contributed by atoms with Crippen LogP contribution in [0.5, 0.6) is 0 Å². The van der Waals surface area contributed by atoms with Gasteiger partial charge in [-0.05, 0) is 11.6 Å². The van der Waals surface area contributed by atoms with Crippen molar-refractivity contribution < 1.29 is 13.2 Å². The predicted octanol–water partition coefficient (Wildman–Crippen LogP) is -0.0434. The van der Waals surface area contributed by atoms with Gasteiger partial charge >= 0.3 is 4.57 Å². The highest BCUT2D eigenvalue weighted by Gasteiger charge is 1.91. The average Bonchev–Trinajstić information content (AvgIpc) is 1.36. The molecule has 0 aromatic rings. The number of hydrogen-bond acceptors (Lipinski definition) is 3. The van der Waals surface area contributed by atoms with E-state index in [9.17, 15) is 13.2 Å². The van der Waals surface area contributed by atoms with Crippen LogP contribution in [0.15, 0.2) is 0 Å². The van der Waals surface area contributed by atoms with Crippen LogP contribution in [0.3, 0.4) is 0 Å². The minimum atomic E-state index is -3.03. The smallest absolute Gasteiger partial charge is 0.263 e. The van der Waals surface area contributed by atoms with Gasteiger partial charge in [-0.1, -0.05) is 0 Å². The summed E-state index contributed by atoms with van der Waals surface area (Å²) >= 11 is 4.38. The van der Waals surface area contributed by atoms with Gasteiger partial charge in [0, 0.05) is 0 Å². The normalized spacial score (nSPS) is 9.00. The molecule has 0 amide bonds. The molecule has 0 atom stereocenters. The molecule has 0 rings (SSSR count). The summed E-state index contributed by atoms with van der Waals surface area (Å²) in [6.45, 7) is 0. The molecule has 0 bridgehead atoms. The van der Waals surface area contributed by atoms with Crippen LogP contribution in [-0.2, 0) is 10.7 Å². The molecule has 0 unspecified atom stereocenters. The molecular formula is CHClO3S. The maximum absolute atomic E-state index is 9.31. The first kappa shape index (κ1) is 5.91. The summed E-state index contributed by atoms with van der Waals surface area (Å²) in [5.41, 5.74) is 0. The van der Waals surface area contributed by atoms with Gasteiger partial charge < -0.3 is 0 Å². The van der Waals surface area contributed by atoms with Crippen LogP contribution < -0.4 is 0 Å². The van der Waals surface area contributed by atoms with Crippen molar-refractivity contribution in [2.24, 2.45) is 0 Å². The Labute approximate surface area is 40.9 Å². The second-order valence-electron chi connectivity index (χ2n) is 0.510. The van der Waals surface area contributed by atoms with Gasteiger partial charge in [0.2, 0.25) is 10.7 Å². The van der Waals surface area contributed by atoms with Crippen LogP contribution in [0.4, 0.5) is 4.79 Å². The molecule has 0 aliphatic carbocycles. The van der Waals surface area contributed by atoms with Gasteiger partial charge in [-0.15, -0.1) is 0 Å². The summed E-state index contributed by atoms with van der Waals surface area (Å²) in [5.74, 6) is 0. The molecule has 0 N–H and O–H groups in total. The zero-order valence-corrected chi connectivity index (χ0v) is 4.20. The Hall–Kier alpha value is -0.0900. The Morgan fingerprint density at radius 1 is 1.50 bits per heavy atom. The third-order valence-electron chi connectivity index (χ3n) is 0.144. The SMILES string of the molecule is O=C(Cl)[SH](=O)=O. The number of thiol groups is 1. The van der Waals surface area contributed by atoms with Crippen LogP contribution in [-0.4, -0.2) is 13.0 Å². The van der Waals surface area contributed by atoms with Gasteiger partial charge in [-0.2, -0.15) is 0 Å². The van der Waals surface area contributed by atoms with Gasteiger partial charge in [0.15, 0.2) is 0 Å². The molecule has 0 aliphatic rings. The fraction of sp³-hybridized carbons (Fsp3) is 0. The lowest BCUT2D eigenvalue weighted by molar-refractivity contribution is 0.274. The lowest BCUT2D eigenvalue weighted by Gasteiger charge is -1.60. The van der Waals surface area contributed by atoms with Crippen molar-refractivity contribution in [2.45, 2.75) is 0 Å². The van der Waals surface area contributed by atoms with Gasteiger partial charge in [-0.3, -0.25) is 4.79 Å². The maximum Gasteiger partial charge on any atom is 0.333 e. The standard InChI is InChI=1S/CHClO3S/c2-1(3)6(4)5/h6H. The third-order valence-corrected chi connectivity index (χ3v) is 0.845. The van der Waals surface area contributed by atoms with E-state index in [1.165, 1.54) is 0 Å². The number of rotatable bonds is 0. The summed E-state index contributed by atoms with van der Waals surface area (Å²) in [6, 6.07) is 0. The highest BCUT2D eigenvalue weighted by atomic mass is 35.5. The van der Waals surface area contributed by atoms with Crippen LogP contribution >= 0.6 is 11.6 Å². The summed E-state index contributed by atoms with van der Waals surface area (Å²) in [5, 5.41) is 0. The first-order chi connectivity index (χ1) is 2.64. The molecule has 3 nitrogen and oxygen atoms in total. The van der Waals surface area contributed by atoms with E-state index in [-0.39, 0.29) is 0 Å². The van der Waals surface area contributed by atoms with Crippen molar-refractivity contribution in [1.29, 1.82) is 0 Å². The predicted molar refractivity (Wildman–Crippen MR) is 21.6 cm³/mol. The molecule has 0 aromatic carbocycles. The largest absolute Gasteiger partial charge is 0.333 e. The molecule has 0 spiro atoms. The Bertz CT molecular complexity index is 117. The molecule has 0 aliphatic heterocycles. The second kappa shape index (κ2) is 2.15. The van der Waals surface area contributed by atoms with E-state index in [2.05, 4.69) is 11.6 Å². The Kier molecular flexibility index (Phi) is 2.12. The van der Waals surface area contributed by atoms with Crippen molar-refractivity contribution in [3.63, 3.8) is 0 Å². The Morgan fingerprint density at radius 2 is 1.67 bits per heavy atom. The van der Waals surface area contributed by atoms with Crippen molar-refractivity contribution in [3.8, 4) is 0 Å². The zero-order chi connectivity index (χ0) is 5.15. The van der Waals surface area contributed by atoms with E-state index >= 15 is 0 Å². The molecule has 0 radical (unpaired) electrons.